The second kappa shape index (κ2) is 7.89. The Bertz CT molecular complexity index is 348. The number of hydrogen-bond donors (Lipinski definition) is 1. The minimum Gasteiger partial charge on any atom is -0.316 e. The number of terminal acetylenes is 1. The van der Waals surface area contributed by atoms with E-state index < -0.39 is 0 Å². The lowest BCUT2D eigenvalue weighted by Crippen LogP contribution is -2.24. The van der Waals surface area contributed by atoms with Gasteiger partial charge in [0.2, 0.25) is 0 Å². The Kier molecular flexibility index (Phi) is 6.39. The zero-order valence-corrected chi connectivity index (χ0v) is 10.9. The highest BCUT2D eigenvalue weighted by Crippen LogP contribution is 2.07. The van der Waals surface area contributed by atoms with E-state index in [4.69, 9.17) is 6.42 Å². The van der Waals surface area contributed by atoms with Gasteiger partial charge in [0.25, 0.3) is 0 Å². The molecule has 0 fully saturated rings. The molecule has 1 aromatic carbocycles. The zero-order valence-electron chi connectivity index (χ0n) is 10.9. The van der Waals surface area contributed by atoms with Gasteiger partial charge in [0.05, 0.1) is 6.54 Å². The molecule has 2 heteroatoms. The summed E-state index contributed by atoms with van der Waals surface area (Å²) in [7, 11) is 1.96. The maximum Gasteiger partial charge on any atom is 0.0601 e. The van der Waals surface area contributed by atoms with Crippen molar-refractivity contribution < 1.29 is 0 Å². The summed E-state index contributed by atoms with van der Waals surface area (Å²) in [5.74, 6) is 2.72. The van der Waals surface area contributed by atoms with Crippen molar-refractivity contribution in [3.8, 4) is 12.3 Å². The van der Waals surface area contributed by atoms with Crippen LogP contribution in [0.4, 0.5) is 0 Å². The van der Waals surface area contributed by atoms with Crippen LogP contribution >= 0.6 is 0 Å². The normalized spacial score (nSPS) is 10.5. The summed E-state index contributed by atoms with van der Waals surface area (Å²) < 4.78 is 0. The van der Waals surface area contributed by atoms with Gasteiger partial charge in [0, 0.05) is 13.1 Å². The van der Waals surface area contributed by atoms with Crippen LogP contribution in [0.15, 0.2) is 24.3 Å². The molecule has 1 aromatic rings. The Labute approximate surface area is 105 Å². The van der Waals surface area contributed by atoms with Crippen LogP contribution in [0.3, 0.4) is 0 Å². The summed E-state index contributed by atoms with van der Waals surface area (Å²) in [6.45, 7) is 5.83. The average molecular weight is 230 g/mol. The van der Waals surface area contributed by atoms with Crippen molar-refractivity contribution in [3.63, 3.8) is 0 Å². The summed E-state index contributed by atoms with van der Waals surface area (Å²) in [6, 6.07) is 8.72. The second-order valence-corrected chi connectivity index (χ2v) is 4.26. The van der Waals surface area contributed by atoms with E-state index in [0.717, 1.165) is 32.6 Å². The standard InChI is InChI=1S/C15H22N2/c1-4-10-17(11-5-2)13-15-8-6-14(7-9-15)12-16-3/h1,6-9,16H,5,10-13H2,2-3H3. The molecule has 0 unspecified atom stereocenters. The van der Waals surface area contributed by atoms with Gasteiger partial charge in [-0.2, -0.15) is 0 Å². The predicted octanol–water partition coefficient (Wildman–Crippen LogP) is 2.25. The van der Waals surface area contributed by atoms with Crippen LogP contribution in [0.25, 0.3) is 0 Å². The molecule has 0 bridgehead atoms. The monoisotopic (exact) mass is 230 g/mol. The number of rotatable bonds is 7. The quantitative estimate of drug-likeness (QED) is 0.723. The third kappa shape index (κ3) is 5.04. The van der Waals surface area contributed by atoms with E-state index in [2.05, 4.69) is 47.3 Å². The first kappa shape index (κ1) is 13.8. The van der Waals surface area contributed by atoms with Gasteiger partial charge in [-0.05, 0) is 31.1 Å². The third-order valence-corrected chi connectivity index (χ3v) is 2.66. The molecular formula is C15H22N2. The first-order valence-electron chi connectivity index (χ1n) is 6.18. The smallest absolute Gasteiger partial charge is 0.0601 e. The van der Waals surface area contributed by atoms with Gasteiger partial charge in [-0.3, -0.25) is 4.90 Å². The van der Waals surface area contributed by atoms with Gasteiger partial charge in [-0.25, -0.2) is 0 Å². The van der Waals surface area contributed by atoms with Crippen molar-refractivity contribution in [1.29, 1.82) is 0 Å². The Morgan fingerprint density at radius 3 is 2.41 bits per heavy atom. The van der Waals surface area contributed by atoms with Gasteiger partial charge in [-0.1, -0.05) is 37.1 Å². The number of nitrogens with zero attached hydrogens (tertiary/aromatic N) is 1. The first-order chi connectivity index (χ1) is 8.30. The molecule has 0 radical (unpaired) electrons. The van der Waals surface area contributed by atoms with E-state index in [1.807, 2.05) is 7.05 Å². The van der Waals surface area contributed by atoms with Crippen molar-refractivity contribution in [2.24, 2.45) is 0 Å². The summed E-state index contributed by atoms with van der Waals surface area (Å²) in [6.07, 6.45) is 6.52. The molecule has 0 aliphatic rings. The predicted molar refractivity (Wildman–Crippen MR) is 73.6 cm³/mol. The topological polar surface area (TPSA) is 15.3 Å². The van der Waals surface area contributed by atoms with E-state index in [9.17, 15) is 0 Å². The average Bonchev–Trinajstić information content (AvgIpc) is 2.33. The highest BCUT2D eigenvalue weighted by Gasteiger charge is 2.03. The summed E-state index contributed by atoms with van der Waals surface area (Å²) in [4.78, 5) is 2.30. The fourth-order valence-electron chi connectivity index (χ4n) is 1.88. The van der Waals surface area contributed by atoms with Crippen LogP contribution in [0.1, 0.15) is 24.5 Å². The lowest BCUT2D eigenvalue weighted by atomic mass is 10.1. The molecule has 0 aliphatic heterocycles. The van der Waals surface area contributed by atoms with E-state index in [1.54, 1.807) is 0 Å². The molecule has 1 N–H and O–H groups in total. The molecular weight excluding hydrogens is 208 g/mol. The number of hydrogen-bond acceptors (Lipinski definition) is 2. The van der Waals surface area contributed by atoms with Crippen molar-refractivity contribution in [2.75, 3.05) is 20.1 Å². The second-order valence-electron chi connectivity index (χ2n) is 4.26. The van der Waals surface area contributed by atoms with Gasteiger partial charge in [0.15, 0.2) is 0 Å². The lowest BCUT2D eigenvalue weighted by molar-refractivity contribution is 0.299. The minimum absolute atomic E-state index is 0.728. The van der Waals surface area contributed by atoms with Gasteiger partial charge in [0.1, 0.15) is 0 Å². The fraction of sp³-hybridized carbons (Fsp3) is 0.467. The van der Waals surface area contributed by atoms with Gasteiger partial charge < -0.3 is 5.32 Å². The van der Waals surface area contributed by atoms with E-state index in [1.165, 1.54) is 11.1 Å². The maximum atomic E-state index is 5.38. The van der Waals surface area contributed by atoms with Crippen molar-refractivity contribution in [3.05, 3.63) is 35.4 Å². The van der Waals surface area contributed by atoms with Crippen molar-refractivity contribution in [2.45, 2.75) is 26.4 Å². The fourth-order valence-corrected chi connectivity index (χ4v) is 1.88. The summed E-state index contributed by atoms with van der Waals surface area (Å²) in [5, 5.41) is 3.15. The molecule has 0 aromatic heterocycles. The summed E-state index contributed by atoms with van der Waals surface area (Å²) >= 11 is 0. The molecule has 0 aliphatic carbocycles. The molecule has 0 spiro atoms. The molecule has 17 heavy (non-hydrogen) atoms. The molecule has 0 amide bonds. The zero-order chi connectivity index (χ0) is 12.5. The molecule has 0 heterocycles. The molecule has 0 saturated heterocycles. The van der Waals surface area contributed by atoms with Crippen LogP contribution < -0.4 is 5.32 Å². The number of nitrogens with one attached hydrogen (secondary N) is 1. The Morgan fingerprint density at radius 2 is 1.88 bits per heavy atom. The molecule has 1 rings (SSSR count). The minimum atomic E-state index is 0.728. The van der Waals surface area contributed by atoms with Crippen LogP contribution in [-0.4, -0.2) is 25.0 Å². The molecule has 92 valence electrons. The Morgan fingerprint density at radius 1 is 1.24 bits per heavy atom. The largest absolute Gasteiger partial charge is 0.316 e. The highest BCUT2D eigenvalue weighted by molar-refractivity contribution is 5.22. The highest BCUT2D eigenvalue weighted by atomic mass is 15.1. The maximum absolute atomic E-state index is 5.38. The molecule has 0 saturated carbocycles. The molecule has 2 nitrogen and oxygen atoms in total. The van der Waals surface area contributed by atoms with Crippen molar-refractivity contribution >= 4 is 0 Å². The Balaban J connectivity index is 2.57. The van der Waals surface area contributed by atoms with Crippen LogP contribution in [-0.2, 0) is 13.1 Å². The summed E-state index contributed by atoms with van der Waals surface area (Å²) in [5.41, 5.74) is 2.64. The first-order valence-corrected chi connectivity index (χ1v) is 6.18. The third-order valence-electron chi connectivity index (χ3n) is 2.66. The van der Waals surface area contributed by atoms with Gasteiger partial charge in [-0.15, -0.1) is 6.42 Å². The van der Waals surface area contributed by atoms with E-state index >= 15 is 0 Å². The van der Waals surface area contributed by atoms with Crippen LogP contribution in [0, 0.1) is 12.3 Å². The Hall–Kier alpha value is -1.30. The van der Waals surface area contributed by atoms with Crippen LogP contribution in [0.2, 0.25) is 0 Å². The van der Waals surface area contributed by atoms with E-state index in [-0.39, 0.29) is 0 Å². The van der Waals surface area contributed by atoms with Crippen LogP contribution in [0.5, 0.6) is 0 Å². The van der Waals surface area contributed by atoms with Gasteiger partial charge >= 0.3 is 0 Å². The number of benzene rings is 1. The SMILES string of the molecule is C#CCN(CCC)Cc1ccc(CNC)cc1. The lowest BCUT2D eigenvalue weighted by Gasteiger charge is -2.19. The van der Waals surface area contributed by atoms with E-state index in [0.29, 0.717) is 0 Å². The van der Waals surface area contributed by atoms with Crippen molar-refractivity contribution in [1.82, 2.24) is 10.2 Å². The molecule has 0 atom stereocenters.